The van der Waals surface area contributed by atoms with Crippen LogP contribution in [0.1, 0.15) is 6.92 Å². The Morgan fingerprint density at radius 2 is 1.69 bits per heavy atom. The van der Waals surface area contributed by atoms with E-state index in [0.717, 1.165) is 28.3 Å². The molecule has 0 aliphatic carbocycles. The molecule has 134 valence electrons. The molecular formula is C21H23IN4. The molecule has 0 spiro atoms. The summed E-state index contributed by atoms with van der Waals surface area (Å²) in [5.74, 6) is 0. The van der Waals surface area contributed by atoms with E-state index in [1.165, 1.54) is 0 Å². The van der Waals surface area contributed by atoms with E-state index in [-0.39, 0.29) is 0 Å². The SMILES string of the molecule is C/N=C/C=C(\C=C/I)C(/C)=N/N(C)c1ccc(Nc2ccccc2)cc1. The summed E-state index contributed by atoms with van der Waals surface area (Å²) in [7, 11) is 3.70. The van der Waals surface area contributed by atoms with Gasteiger partial charge in [0.15, 0.2) is 0 Å². The van der Waals surface area contributed by atoms with Crippen LogP contribution in [0.15, 0.2) is 86.5 Å². The lowest BCUT2D eigenvalue weighted by molar-refractivity contribution is 1.01. The number of aliphatic imine (C=N–C) groups is 1. The highest BCUT2D eigenvalue weighted by Gasteiger charge is 2.03. The van der Waals surface area contributed by atoms with Crippen LogP contribution in [0.4, 0.5) is 17.1 Å². The van der Waals surface area contributed by atoms with E-state index in [4.69, 9.17) is 0 Å². The molecule has 0 amide bonds. The van der Waals surface area contributed by atoms with E-state index >= 15 is 0 Å². The van der Waals surface area contributed by atoms with E-state index < -0.39 is 0 Å². The van der Waals surface area contributed by atoms with Gasteiger partial charge in [0, 0.05) is 31.7 Å². The molecule has 0 aromatic heterocycles. The van der Waals surface area contributed by atoms with Crippen LogP contribution in [0.3, 0.4) is 0 Å². The first-order valence-electron chi connectivity index (χ1n) is 8.24. The Bertz CT molecular complexity index is 806. The molecule has 26 heavy (non-hydrogen) atoms. The van der Waals surface area contributed by atoms with Crippen LogP contribution < -0.4 is 10.3 Å². The van der Waals surface area contributed by atoms with Gasteiger partial charge in [0.05, 0.1) is 11.4 Å². The van der Waals surface area contributed by atoms with Gasteiger partial charge in [-0.3, -0.25) is 10.0 Å². The highest BCUT2D eigenvalue weighted by Crippen LogP contribution is 2.21. The van der Waals surface area contributed by atoms with Gasteiger partial charge in [0.1, 0.15) is 0 Å². The predicted molar refractivity (Wildman–Crippen MR) is 123 cm³/mol. The van der Waals surface area contributed by atoms with Crippen molar-refractivity contribution in [3.8, 4) is 0 Å². The molecule has 0 saturated heterocycles. The largest absolute Gasteiger partial charge is 0.356 e. The zero-order valence-corrected chi connectivity index (χ0v) is 17.4. The fourth-order valence-electron chi connectivity index (χ4n) is 2.31. The highest BCUT2D eigenvalue weighted by atomic mass is 127. The summed E-state index contributed by atoms with van der Waals surface area (Å²) in [5, 5.41) is 9.93. The van der Waals surface area contributed by atoms with Crippen LogP contribution in [-0.2, 0) is 0 Å². The fraction of sp³-hybridized carbons (Fsp3) is 0.143. The average molecular weight is 458 g/mol. The zero-order valence-electron chi connectivity index (χ0n) is 15.2. The molecule has 5 heteroatoms. The van der Waals surface area contributed by atoms with E-state index in [1.54, 1.807) is 13.3 Å². The number of para-hydroxylation sites is 1. The van der Waals surface area contributed by atoms with Crippen LogP contribution in [0, 0.1) is 0 Å². The minimum Gasteiger partial charge on any atom is -0.356 e. The molecule has 0 unspecified atom stereocenters. The standard InChI is InChI=1S/C21H23IN4/c1-17(18(13-15-22)14-16-23-2)25-26(3)21-11-9-20(10-12-21)24-19-7-5-4-6-8-19/h4-16,24H,1-3H3/b15-13-,18-14+,23-16+,25-17+. The van der Waals surface area contributed by atoms with E-state index in [1.807, 2.05) is 77.7 Å². The molecule has 0 bridgehead atoms. The van der Waals surface area contributed by atoms with Gasteiger partial charge in [-0.15, -0.1) is 0 Å². The third-order valence-electron chi connectivity index (χ3n) is 3.67. The smallest absolute Gasteiger partial charge is 0.0651 e. The van der Waals surface area contributed by atoms with Gasteiger partial charge in [0.2, 0.25) is 0 Å². The molecule has 0 heterocycles. The number of halogens is 1. The molecule has 0 fully saturated rings. The maximum absolute atomic E-state index is 4.68. The summed E-state index contributed by atoms with van der Waals surface area (Å²) in [6, 6.07) is 18.3. The minimum atomic E-state index is 0.923. The lowest BCUT2D eigenvalue weighted by Crippen LogP contribution is -2.12. The number of benzene rings is 2. The molecule has 4 nitrogen and oxygen atoms in total. The van der Waals surface area contributed by atoms with Crippen LogP contribution in [0.25, 0.3) is 0 Å². The van der Waals surface area contributed by atoms with Crippen molar-refractivity contribution in [2.45, 2.75) is 6.92 Å². The van der Waals surface area contributed by atoms with Crippen molar-refractivity contribution >= 4 is 51.6 Å². The fourth-order valence-corrected chi connectivity index (χ4v) is 2.70. The Morgan fingerprint density at radius 1 is 1.04 bits per heavy atom. The number of anilines is 3. The summed E-state index contributed by atoms with van der Waals surface area (Å²) in [4.78, 5) is 4.01. The quantitative estimate of drug-likeness (QED) is 0.246. The Balaban J connectivity index is 2.12. The summed E-state index contributed by atoms with van der Waals surface area (Å²) in [6.45, 7) is 1.99. The second kappa shape index (κ2) is 10.6. The highest BCUT2D eigenvalue weighted by molar-refractivity contribution is 14.1. The van der Waals surface area contributed by atoms with E-state index in [2.05, 4.69) is 50.1 Å². The zero-order chi connectivity index (χ0) is 18.8. The second-order valence-electron chi connectivity index (χ2n) is 5.57. The number of hydrazone groups is 1. The lowest BCUT2D eigenvalue weighted by atomic mass is 10.1. The second-order valence-corrected chi connectivity index (χ2v) is 6.29. The summed E-state index contributed by atoms with van der Waals surface area (Å²) < 4.78 is 1.97. The molecule has 0 atom stereocenters. The Kier molecular flexibility index (Phi) is 8.08. The van der Waals surface area contributed by atoms with E-state index in [9.17, 15) is 0 Å². The molecule has 2 rings (SSSR count). The molecule has 2 aromatic rings. The molecule has 0 radical (unpaired) electrons. The van der Waals surface area contributed by atoms with Crippen molar-refractivity contribution in [2.24, 2.45) is 10.1 Å². The number of nitrogens with one attached hydrogen (secondary N) is 1. The first-order chi connectivity index (χ1) is 12.6. The maximum Gasteiger partial charge on any atom is 0.0651 e. The van der Waals surface area contributed by atoms with E-state index in [0.29, 0.717) is 0 Å². The van der Waals surface area contributed by atoms with Gasteiger partial charge in [-0.25, -0.2) is 0 Å². The Labute approximate surface area is 169 Å². The average Bonchev–Trinajstić information content (AvgIpc) is 2.66. The van der Waals surface area contributed by atoms with Gasteiger partial charge >= 0.3 is 0 Å². The van der Waals surface area contributed by atoms with Crippen molar-refractivity contribution in [1.82, 2.24) is 0 Å². The normalized spacial score (nSPS) is 12.8. The maximum atomic E-state index is 4.68. The van der Waals surface area contributed by atoms with Crippen molar-refractivity contribution in [3.05, 3.63) is 76.4 Å². The van der Waals surface area contributed by atoms with Gasteiger partial charge in [-0.05, 0) is 65.1 Å². The monoisotopic (exact) mass is 458 g/mol. The summed E-state index contributed by atoms with van der Waals surface area (Å²) >= 11 is 2.20. The van der Waals surface area contributed by atoms with Gasteiger partial charge in [-0.1, -0.05) is 40.8 Å². The first-order valence-corrected chi connectivity index (χ1v) is 9.49. The van der Waals surface area contributed by atoms with Crippen molar-refractivity contribution in [1.29, 1.82) is 0 Å². The number of allylic oxidation sites excluding steroid dienone is 3. The van der Waals surface area contributed by atoms with Crippen LogP contribution in [0.2, 0.25) is 0 Å². The molecule has 0 aliphatic heterocycles. The topological polar surface area (TPSA) is 40.0 Å². The van der Waals surface area contributed by atoms with Gasteiger partial charge in [-0.2, -0.15) is 5.10 Å². The number of rotatable bonds is 7. The Morgan fingerprint density at radius 3 is 2.31 bits per heavy atom. The van der Waals surface area contributed by atoms with Crippen molar-refractivity contribution in [2.75, 3.05) is 24.4 Å². The molecule has 2 aromatic carbocycles. The third-order valence-corrected chi connectivity index (χ3v) is 4.03. The number of hydrogen-bond donors (Lipinski definition) is 1. The minimum absolute atomic E-state index is 0.923. The van der Waals surface area contributed by atoms with Crippen molar-refractivity contribution < 1.29 is 0 Å². The van der Waals surface area contributed by atoms with Crippen LogP contribution in [0.5, 0.6) is 0 Å². The van der Waals surface area contributed by atoms with Gasteiger partial charge < -0.3 is 5.32 Å². The van der Waals surface area contributed by atoms with Gasteiger partial charge in [0.25, 0.3) is 0 Å². The molecule has 0 saturated carbocycles. The summed E-state index contributed by atoms with van der Waals surface area (Å²) in [6.07, 6.45) is 5.74. The third kappa shape index (κ3) is 6.15. The molecule has 0 aliphatic rings. The first kappa shape index (κ1) is 19.9. The van der Waals surface area contributed by atoms with Crippen LogP contribution >= 0.6 is 22.6 Å². The molecular weight excluding hydrogens is 435 g/mol. The lowest BCUT2D eigenvalue weighted by Gasteiger charge is -2.16. The molecule has 1 N–H and O–H groups in total. The predicted octanol–water partition coefficient (Wildman–Crippen LogP) is 5.82. The Hall–Kier alpha value is -2.41. The number of nitrogens with zero attached hydrogens (tertiary/aromatic N) is 3. The summed E-state index contributed by atoms with van der Waals surface area (Å²) in [5.41, 5.74) is 5.08. The van der Waals surface area contributed by atoms with Crippen LogP contribution in [-0.4, -0.2) is 26.0 Å². The van der Waals surface area contributed by atoms with Crippen molar-refractivity contribution in [3.63, 3.8) is 0 Å². The number of hydrogen-bond acceptors (Lipinski definition) is 4.